The monoisotopic (exact) mass is 441 g/mol. The van der Waals surface area contributed by atoms with Crippen molar-refractivity contribution < 1.29 is 27.9 Å². The average Bonchev–Trinajstić information content (AvgIpc) is 3.45. The number of rotatable bonds is 4. The van der Waals surface area contributed by atoms with E-state index in [9.17, 15) is 18.0 Å². The molecule has 0 unspecified atom stereocenters. The summed E-state index contributed by atoms with van der Waals surface area (Å²) in [6.07, 6.45) is 1.96. The molecule has 0 aromatic carbocycles. The number of hydrogen-bond acceptors (Lipinski definition) is 5. The number of nitrogens with one attached hydrogen (secondary N) is 2. The van der Waals surface area contributed by atoms with Gasteiger partial charge in [0.15, 0.2) is 0 Å². The Labute approximate surface area is 172 Å². The molecule has 8 nitrogen and oxygen atoms in total. The summed E-state index contributed by atoms with van der Waals surface area (Å²) in [6.45, 7) is 1.47. The van der Waals surface area contributed by atoms with Gasteiger partial charge in [0.25, 0.3) is 5.91 Å². The second-order valence-corrected chi connectivity index (χ2v) is 7.37. The molecule has 3 aromatic heterocycles. The first-order valence-electron chi connectivity index (χ1n) is 8.96. The summed E-state index contributed by atoms with van der Waals surface area (Å²) in [5.74, 6) is -1.76. The Hall–Kier alpha value is -3.15. The quantitative estimate of drug-likeness (QED) is 0.575. The van der Waals surface area contributed by atoms with Crippen LogP contribution in [0.25, 0.3) is 10.6 Å². The van der Waals surface area contributed by atoms with Gasteiger partial charge in [0.2, 0.25) is 0 Å². The Kier molecular flexibility index (Phi) is 6.55. The van der Waals surface area contributed by atoms with Crippen LogP contribution in [0.4, 0.5) is 13.2 Å². The molecule has 4 heterocycles. The summed E-state index contributed by atoms with van der Waals surface area (Å²) in [5.41, 5.74) is 2.24. The number of alkyl halides is 3. The molecule has 1 aliphatic rings. The first-order valence-corrected chi connectivity index (χ1v) is 9.84. The van der Waals surface area contributed by atoms with E-state index in [0.29, 0.717) is 12.1 Å². The standard InChI is InChI=1S/C16H17N5OS.C2HF3O2/c22-16(12-9-18-20-15(12)13-4-3-7-23-13)17-8-11-10-21-6-2-1-5-14(21)19-11;3-2(4,5)1(6)7/h3-4,7,9-10H,1-2,5-6,8H2,(H,17,22)(H,18,20);(H,6,7). The molecule has 0 bridgehead atoms. The molecule has 1 aliphatic heterocycles. The van der Waals surface area contributed by atoms with Crippen LogP contribution in [0.15, 0.2) is 29.9 Å². The molecule has 0 saturated heterocycles. The molecule has 0 fully saturated rings. The SMILES string of the molecule is O=C(NCc1cn2c(n1)CCCC2)c1cn[nH]c1-c1cccs1.O=C(O)C(F)(F)F. The number of aliphatic carboxylic acids is 1. The Morgan fingerprint density at radius 3 is 2.73 bits per heavy atom. The number of aryl methyl sites for hydroxylation is 2. The minimum atomic E-state index is -5.08. The predicted octanol–water partition coefficient (Wildman–Crippen LogP) is 3.23. The van der Waals surface area contributed by atoms with Crippen LogP contribution in [0.2, 0.25) is 0 Å². The van der Waals surface area contributed by atoms with Crippen LogP contribution >= 0.6 is 11.3 Å². The van der Waals surface area contributed by atoms with E-state index in [1.54, 1.807) is 17.5 Å². The average molecular weight is 441 g/mol. The lowest BCUT2D eigenvalue weighted by Crippen LogP contribution is -2.23. The lowest BCUT2D eigenvalue weighted by Gasteiger charge is -2.11. The zero-order valence-electron chi connectivity index (χ0n) is 15.6. The minimum Gasteiger partial charge on any atom is -0.475 e. The summed E-state index contributed by atoms with van der Waals surface area (Å²) in [7, 11) is 0. The van der Waals surface area contributed by atoms with E-state index >= 15 is 0 Å². The van der Waals surface area contributed by atoms with Crippen LogP contribution in [-0.4, -0.2) is 42.9 Å². The van der Waals surface area contributed by atoms with Gasteiger partial charge in [-0.1, -0.05) is 6.07 Å². The van der Waals surface area contributed by atoms with Crippen molar-refractivity contribution in [3.05, 3.63) is 47.0 Å². The van der Waals surface area contributed by atoms with Gasteiger partial charge in [-0.15, -0.1) is 11.3 Å². The summed E-state index contributed by atoms with van der Waals surface area (Å²) in [6, 6.07) is 3.93. The molecule has 0 radical (unpaired) electrons. The third-order valence-electron chi connectivity index (χ3n) is 4.28. The van der Waals surface area contributed by atoms with Crippen molar-refractivity contribution in [2.24, 2.45) is 0 Å². The molecule has 30 heavy (non-hydrogen) atoms. The third kappa shape index (κ3) is 5.26. The van der Waals surface area contributed by atoms with Gasteiger partial charge in [0.05, 0.1) is 34.6 Å². The van der Waals surface area contributed by atoms with E-state index in [1.165, 1.54) is 12.8 Å². The maximum absolute atomic E-state index is 12.4. The summed E-state index contributed by atoms with van der Waals surface area (Å²) >= 11 is 1.58. The number of carboxylic acids is 1. The number of H-pyrrole nitrogens is 1. The van der Waals surface area contributed by atoms with E-state index in [0.717, 1.165) is 35.1 Å². The minimum absolute atomic E-state index is 0.131. The number of aromatic nitrogens is 4. The number of fused-ring (bicyclic) bond motifs is 1. The number of carbonyl (C=O) groups is 2. The zero-order chi connectivity index (χ0) is 21.7. The van der Waals surface area contributed by atoms with E-state index < -0.39 is 12.1 Å². The molecular weight excluding hydrogens is 423 g/mol. The van der Waals surface area contributed by atoms with Gasteiger partial charge < -0.3 is 15.0 Å². The largest absolute Gasteiger partial charge is 0.490 e. The van der Waals surface area contributed by atoms with Gasteiger partial charge in [0, 0.05) is 19.2 Å². The fourth-order valence-electron chi connectivity index (χ4n) is 2.89. The molecule has 0 saturated carbocycles. The topological polar surface area (TPSA) is 113 Å². The van der Waals surface area contributed by atoms with Gasteiger partial charge >= 0.3 is 12.1 Å². The number of amides is 1. The summed E-state index contributed by atoms with van der Waals surface area (Å²) in [5, 5.41) is 19.0. The van der Waals surface area contributed by atoms with Gasteiger partial charge in [-0.05, 0) is 24.3 Å². The first-order chi connectivity index (χ1) is 14.3. The highest BCUT2D eigenvalue weighted by Gasteiger charge is 2.38. The van der Waals surface area contributed by atoms with Crippen molar-refractivity contribution >= 4 is 23.2 Å². The second kappa shape index (κ2) is 9.11. The highest BCUT2D eigenvalue weighted by Crippen LogP contribution is 2.25. The lowest BCUT2D eigenvalue weighted by molar-refractivity contribution is -0.192. The molecule has 0 aliphatic carbocycles. The Morgan fingerprint density at radius 2 is 2.10 bits per heavy atom. The number of imidazole rings is 1. The van der Waals surface area contributed by atoms with Gasteiger partial charge in [0.1, 0.15) is 5.82 Å². The first kappa shape index (κ1) is 21.6. The van der Waals surface area contributed by atoms with Gasteiger partial charge in [-0.25, -0.2) is 9.78 Å². The Bertz CT molecular complexity index is 987. The lowest BCUT2D eigenvalue weighted by atomic mass is 10.2. The molecule has 160 valence electrons. The fraction of sp³-hybridized carbons (Fsp3) is 0.333. The molecule has 3 aromatic rings. The van der Waals surface area contributed by atoms with Gasteiger partial charge in [-0.3, -0.25) is 9.89 Å². The number of hydrogen-bond donors (Lipinski definition) is 3. The fourth-order valence-corrected chi connectivity index (χ4v) is 3.62. The van der Waals surface area contributed by atoms with Crippen LogP contribution in [0, 0.1) is 0 Å². The maximum atomic E-state index is 12.4. The number of aromatic amines is 1. The third-order valence-corrected chi connectivity index (χ3v) is 5.17. The molecule has 0 spiro atoms. The maximum Gasteiger partial charge on any atom is 0.490 e. The zero-order valence-corrected chi connectivity index (χ0v) is 16.4. The number of nitrogens with zero attached hydrogens (tertiary/aromatic N) is 3. The molecular formula is C18H18F3N5O3S. The Morgan fingerprint density at radius 1 is 1.33 bits per heavy atom. The van der Waals surface area contributed by atoms with Gasteiger partial charge in [-0.2, -0.15) is 18.3 Å². The Balaban J connectivity index is 0.000000318. The van der Waals surface area contributed by atoms with Crippen molar-refractivity contribution in [3.8, 4) is 10.6 Å². The van der Waals surface area contributed by atoms with E-state index in [2.05, 4.69) is 25.1 Å². The highest BCUT2D eigenvalue weighted by atomic mass is 32.1. The van der Waals surface area contributed by atoms with Crippen molar-refractivity contribution in [1.29, 1.82) is 0 Å². The van der Waals surface area contributed by atoms with E-state index in [4.69, 9.17) is 9.90 Å². The molecule has 0 atom stereocenters. The van der Waals surface area contributed by atoms with Crippen LogP contribution in [0.1, 0.15) is 34.7 Å². The van der Waals surface area contributed by atoms with E-state index in [1.807, 2.05) is 23.7 Å². The van der Waals surface area contributed by atoms with Crippen LogP contribution in [-0.2, 0) is 24.3 Å². The molecule has 3 N–H and O–H groups in total. The number of carbonyl (C=O) groups excluding carboxylic acids is 1. The molecule has 12 heteroatoms. The van der Waals surface area contributed by atoms with Crippen molar-refractivity contribution in [2.45, 2.75) is 38.5 Å². The summed E-state index contributed by atoms with van der Waals surface area (Å²) in [4.78, 5) is 26.9. The van der Waals surface area contributed by atoms with Crippen LogP contribution in [0.3, 0.4) is 0 Å². The van der Waals surface area contributed by atoms with Crippen LogP contribution < -0.4 is 5.32 Å². The number of carboxylic acid groups (broad SMARTS) is 1. The van der Waals surface area contributed by atoms with Crippen molar-refractivity contribution in [3.63, 3.8) is 0 Å². The van der Waals surface area contributed by atoms with Crippen molar-refractivity contribution in [1.82, 2.24) is 25.1 Å². The number of thiophene rings is 1. The summed E-state index contributed by atoms with van der Waals surface area (Å²) < 4.78 is 33.9. The highest BCUT2D eigenvalue weighted by molar-refractivity contribution is 7.13. The van der Waals surface area contributed by atoms with Crippen molar-refractivity contribution in [2.75, 3.05) is 0 Å². The smallest absolute Gasteiger partial charge is 0.475 e. The van der Waals surface area contributed by atoms with E-state index in [-0.39, 0.29) is 5.91 Å². The number of halogens is 3. The normalized spacial score (nSPS) is 13.2. The molecule has 4 rings (SSSR count). The molecule has 1 amide bonds. The second-order valence-electron chi connectivity index (χ2n) is 6.42. The van der Waals surface area contributed by atoms with Crippen LogP contribution in [0.5, 0.6) is 0 Å². The predicted molar refractivity (Wildman–Crippen MR) is 102 cm³/mol.